The van der Waals surface area contributed by atoms with Gasteiger partial charge in [-0.15, -0.1) is 0 Å². The minimum Gasteiger partial charge on any atom is -0.352 e. The number of amides is 1. The molecule has 0 heterocycles. The minimum absolute atomic E-state index is 0.0238. The maximum absolute atomic E-state index is 12.3. The maximum atomic E-state index is 12.3. The zero-order valence-electron chi connectivity index (χ0n) is 12.0. The Labute approximate surface area is 120 Å². The third kappa shape index (κ3) is 2.96. The van der Waals surface area contributed by atoms with Crippen molar-refractivity contribution in [1.29, 1.82) is 0 Å². The maximum Gasteiger partial charge on any atom is 0.253 e. The molecule has 1 aromatic rings. The van der Waals surface area contributed by atoms with Crippen LogP contribution in [0.5, 0.6) is 0 Å². The van der Waals surface area contributed by atoms with Gasteiger partial charge in [-0.1, -0.05) is 6.07 Å². The van der Waals surface area contributed by atoms with Gasteiger partial charge in [-0.3, -0.25) is 10.6 Å². The highest BCUT2D eigenvalue weighted by molar-refractivity contribution is 5.99. The predicted molar refractivity (Wildman–Crippen MR) is 80.3 cm³/mol. The van der Waals surface area contributed by atoms with Crippen LogP contribution >= 0.6 is 0 Å². The van der Waals surface area contributed by atoms with E-state index in [-0.39, 0.29) is 5.91 Å². The summed E-state index contributed by atoms with van der Waals surface area (Å²) in [5.74, 6) is 7.88. The predicted octanol–water partition coefficient (Wildman–Crippen LogP) is 2.45. The van der Waals surface area contributed by atoms with Gasteiger partial charge in [-0.05, 0) is 68.1 Å². The van der Waals surface area contributed by atoms with E-state index in [4.69, 9.17) is 5.84 Å². The van der Waals surface area contributed by atoms with E-state index in [0.717, 1.165) is 23.9 Å². The van der Waals surface area contributed by atoms with Crippen LogP contribution in [0.1, 0.15) is 41.6 Å². The summed E-state index contributed by atoms with van der Waals surface area (Å²) in [6.45, 7) is 2.80. The smallest absolute Gasteiger partial charge is 0.253 e. The van der Waals surface area contributed by atoms with Crippen molar-refractivity contribution in [1.82, 2.24) is 5.32 Å². The van der Waals surface area contributed by atoms with Crippen LogP contribution in [0, 0.1) is 24.7 Å². The fraction of sp³-hybridized carbons (Fsp3) is 0.562. The third-order valence-corrected chi connectivity index (χ3v) is 4.53. The largest absolute Gasteiger partial charge is 0.352 e. The Hall–Kier alpha value is -1.55. The van der Waals surface area contributed by atoms with Crippen LogP contribution in [0.4, 0.5) is 5.69 Å². The van der Waals surface area contributed by atoms with E-state index in [1.54, 1.807) is 0 Å². The zero-order chi connectivity index (χ0) is 14.1. The van der Waals surface area contributed by atoms with E-state index in [1.807, 2.05) is 25.1 Å². The Morgan fingerprint density at radius 3 is 2.50 bits per heavy atom. The molecule has 20 heavy (non-hydrogen) atoms. The van der Waals surface area contributed by atoms with Gasteiger partial charge in [0.05, 0.1) is 11.3 Å². The summed E-state index contributed by atoms with van der Waals surface area (Å²) in [5, 5.41) is 3.10. The van der Waals surface area contributed by atoms with E-state index in [2.05, 4.69) is 10.7 Å². The van der Waals surface area contributed by atoms with Crippen molar-refractivity contribution in [2.75, 3.05) is 12.0 Å². The molecule has 2 saturated carbocycles. The van der Waals surface area contributed by atoms with Gasteiger partial charge in [0.25, 0.3) is 5.91 Å². The normalized spacial score (nSPS) is 18.1. The molecule has 0 saturated heterocycles. The number of carbonyl (C=O) groups excluding carboxylic acids is 1. The molecule has 0 aromatic heterocycles. The van der Waals surface area contributed by atoms with Crippen LogP contribution in [0.25, 0.3) is 0 Å². The van der Waals surface area contributed by atoms with E-state index in [0.29, 0.717) is 17.2 Å². The van der Waals surface area contributed by atoms with Gasteiger partial charge in [0.1, 0.15) is 0 Å². The number of anilines is 1. The molecule has 4 nitrogen and oxygen atoms in total. The van der Waals surface area contributed by atoms with E-state index in [1.165, 1.54) is 25.7 Å². The van der Waals surface area contributed by atoms with Crippen molar-refractivity contribution in [2.24, 2.45) is 23.6 Å². The van der Waals surface area contributed by atoms with Crippen molar-refractivity contribution in [3.63, 3.8) is 0 Å². The Kier molecular flexibility index (Phi) is 3.66. The highest BCUT2D eigenvalue weighted by atomic mass is 16.1. The Bertz CT molecular complexity index is 494. The lowest BCUT2D eigenvalue weighted by Gasteiger charge is -2.17. The molecule has 1 aromatic carbocycles. The lowest BCUT2D eigenvalue weighted by atomic mass is 9.98. The molecule has 1 amide bonds. The average molecular weight is 273 g/mol. The lowest BCUT2D eigenvalue weighted by molar-refractivity contribution is 0.0944. The Morgan fingerprint density at radius 1 is 1.30 bits per heavy atom. The van der Waals surface area contributed by atoms with E-state index in [9.17, 15) is 4.79 Å². The van der Waals surface area contributed by atoms with Gasteiger partial charge in [-0.2, -0.15) is 0 Å². The van der Waals surface area contributed by atoms with Gasteiger partial charge in [0.15, 0.2) is 0 Å². The van der Waals surface area contributed by atoms with Gasteiger partial charge in [0.2, 0.25) is 0 Å². The van der Waals surface area contributed by atoms with Crippen molar-refractivity contribution >= 4 is 11.6 Å². The summed E-state index contributed by atoms with van der Waals surface area (Å²) in [6, 6.07) is 5.67. The molecule has 2 aliphatic rings. The van der Waals surface area contributed by atoms with Crippen LogP contribution in [0.15, 0.2) is 18.2 Å². The molecule has 4 heteroatoms. The first-order valence-corrected chi connectivity index (χ1v) is 7.54. The number of nitrogens with one attached hydrogen (secondary N) is 2. The SMILES string of the molecule is Cc1ccc(C(=O)NCC(C2CC2)C2CC2)c(NN)c1. The molecule has 0 spiro atoms. The first-order valence-electron chi connectivity index (χ1n) is 7.54. The molecule has 3 rings (SSSR count). The van der Waals surface area contributed by atoms with Crippen molar-refractivity contribution < 1.29 is 4.79 Å². The number of hydrazine groups is 1. The summed E-state index contributed by atoms with van der Waals surface area (Å²) in [4.78, 5) is 12.3. The van der Waals surface area contributed by atoms with Crippen LogP contribution in [0.2, 0.25) is 0 Å². The number of aryl methyl sites for hydroxylation is 1. The number of hydrogen-bond donors (Lipinski definition) is 3. The first kappa shape index (κ1) is 13.4. The van der Waals surface area contributed by atoms with Gasteiger partial charge < -0.3 is 10.7 Å². The van der Waals surface area contributed by atoms with Crippen molar-refractivity contribution in [3.05, 3.63) is 29.3 Å². The second kappa shape index (κ2) is 5.44. The molecule has 2 fully saturated rings. The number of nitrogens with two attached hydrogens (primary N) is 1. The first-order chi connectivity index (χ1) is 9.69. The number of carbonyl (C=O) groups is 1. The lowest BCUT2D eigenvalue weighted by Crippen LogP contribution is -2.32. The summed E-state index contributed by atoms with van der Waals surface area (Å²) >= 11 is 0. The molecule has 0 unspecified atom stereocenters. The summed E-state index contributed by atoms with van der Waals surface area (Å²) in [5.41, 5.74) is 5.02. The highest BCUT2D eigenvalue weighted by Gasteiger charge is 2.41. The fourth-order valence-electron chi connectivity index (χ4n) is 3.05. The summed E-state index contributed by atoms with van der Waals surface area (Å²) < 4.78 is 0. The molecule has 108 valence electrons. The Morgan fingerprint density at radius 2 is 1.95 bits per heavy atom. The number of benzene rings is 1. The highest BCUT2D eigenvalue weighted by Crippen LogP contribution is 2.48. The van der Waals surface area contributed by atoms with Crippen LogP contribution in [-0.2, 0) is 0 Å². The van der Waals surface area contributed by atoms with E-state index >= 15 is 0 Å². The van der Waals surface area contributed by atoms with Crippen LogP contribution in [-0.4, -0.2) is 12.5 Å². The molecule has 0 atom stereocenters. The standard InChI is InChI=1S/C16H23N3O/c1-10-2-7-13(15(8-10)19-17)16(20)18-9-14(11-3-4-11)12-5-6-12/h2,7-8,11-12,14,19H,3-6,9,17H2,1H3,(H,18,20). The minimum atomic E-state index is -0.0238. The number of rotatable bonds is 6. The molecule has 0 radical (unpaired) electrons. The molecule has 4 N–H and O–H groups in total. The van der Waals surface area contributed by atoms with Crippen LogP contribution < -0.4 is 16.6 Å². The quantitative estimate of drug-likeness (QED) is 0.551. The third-order valence-electron chi connectivity index (χ3n) is 4.53. The number of hydrogen-bond acceptors (Lipinski definition) is 3. The zero-order valence-corrected chi connectivity index (χ0v) is 12.0. The van der Waals surface area contributed by atoms with Gasteiger partial charge in [-0.25, -0.2) is 0 Å². The molecule has 0 bridgehead atoms. The summed E-state index contributed by atoms with van der Waals surface area (Å²) in [7, 11) is 0. The average Bonchev–Trinajstić information content (AvgIpc) is 3.31. The second-order valence-corrected chi connectivity index (χ2v) is 6.24. The van der Waals surface area contributed by atoms with Gasteiger partial charge >= 0.3 is 0 Å². The molecular formula is C16H23N3O. The number of nitrogen functional groups attached to an aromatic ring is 1. The molecule has 0 aliphatic heterocycles. The molecular weight excluding hydrogens is 250 g/mol. The summed E-state index contributed by atoms with van der Waals surface area (Å²) in [6.07, 6.45) is 5.38. The topological polar surface area (TPSA) is 67.2 Å². The van der Waals surface area contributed by atoms with Crippen molar-refractivity contribution in [3.8, 4) is 0 Å². The van der Waals surface area contributed by atoms with Gasteiger partial charge in [0, 0.05) is 6.54 Å². The fourth-order valence-corrected chi connectivity index (χ4v) is 3.05. The van der Waals surface area contributed by atoms with E-state index < -0.39 is 0 Å². The van der Waals surface area contributed by atoms with Crippen molar-refractivity contribution in [2.45, 2.75) is 32.6 Å². The molecule has 2 aliphatic carbocycles. The second-order valence-electron chi connectivity index (χ2n) is 6.24. The monoisotopic (exact) mass is 273 g/mol. The van der Waals surface area contributed by atoms with Crippen LogP contribution in [0.3, 0.4) is 0 Å². The Balaban J connectivity index is 1.63.